The van der Waals surface area contributed by atoms with Crippen molar-refractivity contribution >= 4 is 21.6 Å². The quantitative estimate of drug-likeness (QED) is 0.496. The lowest BCUT2D eigenvalue weighted by Crippen LogP contribution is -2.32. The number of hydrogen-bond acceptors (Lipinski definition) is 4. The molecule has 1 amide bonds. The zero-order valence-corrected chi connectivity index (χ0v) is 17.5. The number of halogens is 3. The highest BCUT2D eigenvalue weighted by Gasteiger charge is 2.30. The van der Waals surface area contributed by atoms with Gasteiger partial charge in [0.15, 0.2) is 0 Å². The molecule has 0 saturated carbocycles. The summed E-state index contributed by atoms with van der Waals surface area (Å²) in [4.78, 5) is 12.9. The predicted octanol–water partition coefficient (Wildman–Crippen LogP) is 3.82. The predicted molar refractivity (Wildman–Crippen MR) is 114 cm³/mol. The van der Waals surface area contributed by atoms with Gasteiger partial charge in [0.25, 0.3) is 0 Å². The second-order valence-corrected chi connectivity index (χ2v) is 8.54. The molecule has 4 N–H and O–H groups in total. The number of amides is 1. The van der Waals surface area contributed by atoms with E-state index in [4.69, 9.17) is 5.14 Å². The number of carbonyl (C=O) groups is 1. The molecule has 0 heterocycles. The summed E-state index contributed by atoms with van der Waals surface area (Å²) in [6.45, 7) is 0.195. The topological polar surface area (TPSA) is 101 Å². The number of anilines is 1. The van der Waals surface area contributed by atoms with Crippen molar-refractivity contribution in [3.63, 3.8) is 0 Å². The highest BCUT2D eigenvalue weighted by molar-refractivity contribution is 7.89. The van der Waals surface area contributed by atoms with Crippen LogP contribution in [0.25, 0.3) is 0 Å². The van der Waals surface area contributed by atoms with E-state index in [-0.39, 0.29) is 17.1 Å². The van der Waals surface area contributed by atoms with Crippen molar-refractivity contribution in [1.29, 1.82) is 0 Å². The van der Waals surface area contributed by atoms with Crippen molar-refractivity contribution < 1.29 is 26.4 Å². The summed E-state index contributed by atoms with van der Waals surface area (Å²) in [7, 11) is -3.82. The van der Waals surface area contributed by atoms with E-state index in [0.717, 1.165) is 12.1 Å². The van der Waals surface area contributed by atoms with Crippen molar-refractivity contribution in [2.24, 2.45) is 5.14 Å². The monoisotopic (exact) mass is 463 g/mol. The van der Waals surface area contributed by atoms with Crippen LogP contribution in [0.15, 0.2) is 83.8 Å². The summed E-state index contributed by atoms with van der Waals surface area (Å²) >= 11 is 0. The lowest BCUT2D eigenvalue weighted by molar-refractivity contribution is -0.137. The number of sulfonamides is 1. The average molecular weight is 463 g/mol. The van der Waals surface area contributed by atoms with Gasteiger partial charge in [-0.1, -0.05) is 48.5 Å². The van der Waals surface area contributed by atoms with Gasteiger partial charge < -0.3 is 5.32 Å². The Morgan fingerprint density at radius 2 is 1.59 bits per heavy atom. The van der Waals surface area contributed by atoms with E-state index >= 15 is 0 Å². The Labute approximate surface area is 183 Å². The first-order chi connectivity index (χ1) is 15.0. The Kier molecular flexibility index (Phi) is 6.97. The summed E-state index contributed by atoms with van der Waals surface area (Å²) in [5, 5.41) is 10.7. The van der Waals surface area contributed by atoms with Gasteiger partial charge >= 0.3 is 6.18 Å². The molecular weight excluding hydrogens is 443 g/mol. The Bertz CT molecular complexity index is 1180. The first-order valence-electron chi connectivity index (χ1n) is 9.42. The molecule has 0 saturated heterocycles. The number of nitrogens with one attached hydrogen (secondary N) is 2. The summed E-state index contributed by atoms with van der Waals surface area (Å²) in [5.41, 5.74) is 0.447. The van der Waals surface area contributed by atoms with Crippen molar-refractivity contribution in [2.75, 3.05) is 5.32 Å². The number of primary sulfonamides is 1. The molecule has 1 atom stereocenters. The molecule has 0 radical (unpaired) electrons. The highest BCUT2D eigenvalue weighted by Crippen LogP contribution is 2.31. The van der Waals surface area contributed by atoms with Crippen molar-refractivity contribution in [2.45, 2.75) is 23.7 Å². The molecule has 0 aliphatic carbocycles. The molecule has 0 fully saturated rings. The van der Waals surface area contributed by atoms with Crippen LogP contribution in [0.5, 0.6) is 0 Å². The van der Waals surface area contributed by atoms with Gasteiger partial charge in [0.05, 0.1) is 10.5 Å². The highest BCUT2D eigenvalue weighted by atomic mass is 32.2. The van der Waals surface area contributed by atoms with Crippen LogP contribution >= 0.6 is 0 Å². The van der Waals surface area contributed by atoms with Crippen LogP contribution in [0.1, 0.15) is 22.7 Å². The van der Waals surface area contributed by atoms with E-state index in [1.54, 1.807) is 42.5 Å². The minimum atomic E-state index is -4.53. The second kappa shape index (κ2) is 9.51. The van der Waals surface area contributed by atoms with Gasteiger partial charge in [0.1, 0.15) is 6.04 Å². The number of benzene rings is 3. The maximum atomic E-state index is 13.0. The fourth-order valence-electron chi connectivity index (χ4n) is 3.01. The van der Waals surface area contributed by atoms with Crippen LogP contribution in [0.3, 0.4) is 0 Å². The van der Waals surface area contributed by atoms with Gasteiger partial charge in [-0.05, 0) is 41.5 Å². The van der Waals surface area contributed by atoms with Gasteiger partial charge in [-0.25, -0.2) is 13.6 Å². The molecule has 1 unspecified atom stereocenters. The van der Waals surface area contributed by atoms with Gasteiger partial charge in [-0.3, -0.25) is 10.1 Å². The van der Waals surface area contributed by atoms with Gasteiger partial charge in [-0.15, -0.1) is 0 Å². The molecule has 32 heavy (non-hydrogen) atoms. The van der Waals surface area contributed by atoms with Crippen LogP contribution in [0.4, 0.5) is 18.9 Å². The largest absolute Gasteiger partial charge is 0.416 e. The third-order valence-electron chi connectivity index (χ3n) is 4.61. The molecule has 0 bridgehead atoms. The summed E-state index contributed by atoms with van der Waals surface area (Å²) < 4.78 is 61.7. The first kappa shape index (κ1) is 23.5. The Hall–Kier alpha value is -3.21. The molecule has 6 nitrogen and oxygen atoms in total. The van der Waals surface area contributed by atoms with E-state index in [1.165, 1.54) is 24.3 Å². The molecule has 10 heteroatoms. The minimum Gasteiger partial charge on any atom is -0.324 e. The van der Waals surface area contributed by atoms with E-state index in [9.17, 15) is 26.4 Å². The minimum absolute atomic E-state index is 0.0186. The molecule has 0 aliphatic rings. The molecule has 3 rings (SSSR count). The molecule has 3 aromatic carbocycles. The maximum Gasteiger partial charge on any atom is 0.416 e. The molecule has 3 aromatic rings. The average Bonchev–Trinajstić information content (AvgIpc) is 2.74. The third kappa shape index (κ3) is 6.16. The van der Waals surface area contributed by atoms with Crippen LogP contribution in [0.2, 0.25) is 0 Å². The molecule has 0 spiro atoms. The summed E-state index contributed by atoms with van der Waals surface area (Å²) in [6, 6.07) is 18.0. The fourth-order valence-corrected chi connectivity index (χ4v) is 3.53. The van der Waals surface area contributed by atoms with Crippen molar-refractivity contribution in [1.82, 2.24) is 5.32 Å². The Balaban J connectivity index is 1.78. The zero-order chi connectivity index (χ0) is 23.4. The van der Waals surface area contributed by atoms with Crippen LogP contribution < -0.4 is 15.8 Å². The molecular formula is C22H20F3N3O3S. The van der Waals surface area contributed by atoms with Crippen LogP contribution in [-0.4, -0.2) is 14.3 Å². The SMILES string of the molecule is NS(=O)(=O)c1ccc(CNC(C(=O)Nc2cccc(C(F)(F)F)c2)c2ccccc2)cc1. The van der Waals surface area contributed by atoms with Crippen molar-refractivity contribution in [3.05, 3.63) is 95.6 Å². The molecule has 0 aliphatic heterocycles. The van der Waals surface area contributed by atoms with Gasteiger partial charge in [0.2, 0.25) is 15.9 Å². The second-order valence-electron chi connectivity index (χ2n) is 6.98. The van der Waals surface area contributed by atoms with E-state index in [2.05, 4.69) is 10.6 Å². The van der Waals surface area contributed by atoms with E-state index < -0.39 is 33.7 Å². The number of nitrogens with two attached hydrogens (primary N) is 1. The normalized spacial score (nSPS) is 12.9. The lowest BCUT2D eigenvalue weighted by Gasteiger charge is -2.19. The lowest BCUT2D eigenvalue weighted by atomic mass is 10.1. The molecule has 168 valence electrons. The third-order valence-corrected chi connectivity index (χ3v) is 5.54. The van der Waals surface area contributed by atoms with Crippen molar-refractivity contribution in [3.8, 4) is 0 Å². The fraction of sp³-hybridized carbons (Fsp3) is 0.136. The summed E-state index contributed by atoms with van der Waals surface area (Å²) in [5.74, 6) is -0.545. The van der Waals surface area contributed by atoms with E-state index in [1.807, 2.05) is 0 Å². The van der Waals surface area contributed by atoms with Gasteiger partial charge in [-0.2, -0.15) is 13.2 Å². The Morgan fingerprint density at radius 1 is 0.938 bits per heavy atom. The molecule has 0 aromatic heterocycles. The van der Waals surface area contributed by atoms with Crippen LogP contribution in [0, 0.1) is 0 Å². The van der Waals surface area contributed by atoms with Crippen LogP contribution in [-0.2, 0) is 27.5 Å². The zero-order valence-electron chi connectivity index (χ0n) is 16.6. The number of rotatable bonds is 7. The Morgan fingerprint density at radius 3 is 2.19 bits per heavy atom. The number of alkyl halides is 3. The standard InChI is InChI=1S/C22H20F3N3O3S/c23-22(24,25)17-7-4-8-18(13-17)28-21(29)20(16-5-2-1-3-6-16)27-14-15-9-11-19(12-10-15)32(26,30)31/h1-13,20,27H,14H2,(H,28,29)(H2,26,30,31). The number of hydrogen-bond donors (Lipinski definition) is 3. The van der Waals surface area contributed by atoms with E-state index in [0.29, 0.717) is 11.1 Å². The first-order valence-corrected chi connectivity index (χ1v) is 11.0. The smallest absolute Gasteiger partial charge is 0.324 e. The maximum absolute atomic E-state index is 13.0. The summed E-state index contributed by atoms with van der Waals surface area (Å²) in [6.07, 6.45) is -4.53. The van der Waals surface area contributed by atoms with Gasteiger partial charge in [0, 0.05) is 12.2 Å². The number of carbonyl (C=O) groups excluding carboxylic acids is 1.